The normalized spacial score (nSPS) is 12.6. The van der Waals surface area contributed by atoms with E-state index in [1.807, 2.05) is 13.8 Å². The molecule has 0 aliphatic carbocycles. The number of halogens is 2. The number of benzene rings is 1. The summed E-state index contributed by atoms with van der Waals surface area (Å²) in [7, 11) is 0. The number of furan rings is 1. The first-order valence-corrected chi connectivity index (χ1v) is 7.75. The quantitative estimate of drug-likeness (QED) is 0.788. The van der Waals surface area contributed by atoms with Gasteiger partial charge in [0.2, 0.25) is 0 Å². The van der Waals surface area contributed by atoms with Crippen molar-refractivity contribution >= 4 is 17.6 Å². The first-order valence-electron chi connectivity index (χ1n) is 7.37. The highest BCUT2D eigenvalue weighted by Crippen LogP contribution is 2.26. The van der Waals surface area contributed by atoms with Crippen molar-refractivity contribution in [1.82, 2.24) is 5.32 Å². The number of rotatable bonds is 7. The van der Waals surface area contributed by atoms with E-state index in [4.69, 9.17) is 16.0 Å². The number of carboxylic acids is 1. The number of carbonyl (C=O) groups is 1. The monoisotopic (exact) mass is 339 g/mol. The molecule has 1 aromatic heterocycles. The lowest BCUT2D eigenvalue weighted by Crippen LogP contribution is -2.37. The van der Waals surface area contributed by atoms with Crippen LogP contribution < -0.4 is 5.32 Å². The summed E-state index contributed by atoms with van der Waals surface area (Å²) in [5, 5.41) is 12.2. The van der Waals surface area contributed by atoms with Gasteiger partial charge >= 0.3 is 5.97 Å². The third-order valence-electron chi connectivity index (χ3n) is 3.39. The van der Waals surface area contributed by atoms with Crippen LogP contribution in [0.1, 0.15) is 26.0 Å². The number of aliphatic carboxylic acids is 1. The summed E-state index contributed by atoms with van der Waals surface area (Å²) in [5.74, 6) is 0.0738. The average Bonchev–Trinajstić information content (AvgIpc) is 2.94. The summed E-state index contributed by atoms with van der Waals surface area (Å²) in [6.07, 6.45) is 0.538. The Labute approximate surface area is 139 Å². The van der Waals surface area contributed by atoms with Crippen molar-refractivity contribution in [2.24, 2.45) is 5.92 Å². The summed E-state index contributed by atoms with van der Waals surface area (Å²) < 4.78 is 18.8. The molecule has 0 radical (unpaired) electrons. The molecule has 0 aliphatic heterocycles. The highest BCUT2D eigenvalue weighted by molar-refractivity contribution is 6.31. The second kappa shape index (κ2) is 7.62. The van der Waals surface area contributed by atoms with Crippen LogP contribution >= 0.6 is 11.6 Å². The Morgan fingerprint density at radius 3 is 2.70 bits per heavy atom. The maximum absolute atomic E-state index is 13.2. The Morgan fingerprint density at radius 1 is 1.35 bits per heavy atom. The van der Waals surface area contributed by atoms with Gasteiger partial charge in [-0.15, -0.1) is 0 Å². The molecule has 2 N–H and O–H groups in total. The SMILES string of the molecule is CC(C)CC(NCc1ccc(-c2ccc(F)c(Cl)c2)o1)C(=O)O. The second-order valence-electron chi connectivity index (χ2n) is 5.80. The molecule has 1 aromatic carbocycles. The van der Waals surface area contributed by atoms with E-state index in [2.05, 4.69) is 5.32 Å². The van der Waals surface area contributed by atoms with Crippen LogP contribution in [0.4, 0.5) is 4.39 Å². The smallest absolute Gasteiger partial charge is 0.320 e. The van der Waals surface area contributed by atoms with Gasteiger partial charge in [0.25, 0.3) is 0 Å². The summed E-state index contributed by atoms with van der Waals surface area (Å²) in [6.45, 7) is 4.25. The minimum absolute atomic E-state index is 0.0291. The number of hydrogen-bond acceptors (Lipinski definition) is 3. The van der Waals surface area contributed by atoms with Gasteiger partial charge < -0.3 is 9.52 Å². The molecule has 1 heterocycles. The molecule has 0 spiro atoms. The van der Waals surface area contributed by atoms with Crippen LogP contribution in [0.2, 0.25) is 5.02 Å². The van der Waals surface area contributed by atoms with Crippen molar-refractivity contribution in [2.45, 2.75) is 32.9 Å². The number of hydrogen-bond donors (Lipinski definition) is 2. The Hall–Kier alpha value is -1.85. The van der Waals surface area contributed by atoms with Crippen LogP contribution in [-0.4, -0.2) is 17.1 Å². The van der Waals surface area contributed by atoms with E-state index in [-0.39, 0.29) is 10.9 Å². The first kappa shape index (κ1) is 17.5. The van der Waals surface area contributed by atoms with Crippen molar-refractivity contribution in [3.8, 4) is 11.3 Å². The topological polar surface area (TPSA) is 62.5 Å². The minimum atomic E-state index is -0.879. The van der Waals surface area contributed by atoms with Crippen LogP contribution in [-0.2, 0) is 11.3 Å². The highest BCUT2D eigenvalue weighted by atomic mass is 35.5. The molecule has 0 saturated carbocycles. The zero-order valence-corrected chi connectivity index (χ0v) is 13.7. The molecule has 0 bridgehead atoms. The van der Waals surface area contributed by atoms with Crippen LogP contribution in [0, 0.1) is 11.7 Å². The van der Waals surface area contributed by atoms with Crippen LogP contribution in [0.5, 0.6) is 0 Å². The lowest BCUT2D eigenvalue weighted by Gasteiger charge is -2.15. The average molecular weight is 340 g/mol. The van der Waals surface area contributed by atoms with Crippen molar-refractivity contribution in [3.63, 3.8) is 0 Å². The van der Waals surface area contributed by atoms with E-state index in [1.165, 1.54) is 12.1 Å². The van der Waals surface area contributed by atoms with Crippen molar-refractivity contribution in [3.05, 3.63) is 46.9 Å². The molecule has 2 aromatic rings. The van der Waals surface area contributed by atoms with E-state index in [9.17, 15) is 14.3 Å². The standard InChI is InChI=1S/C17H19ClFNO3/c1-10(2)7-15(17(21)22)20-9-12-4-6-16(23-12)11-3-5-14(19)13(18)8-11/h3-6,8,10,15,20H,7,9H2,1-2H3,(H,21,22). The van der Waals surface area contributed by atoms with E-state index < -0.39 is 17.8 Å². The van der Waals surface area contributed by atoms with Crippen molar-refractivity contribution in [2.75, 3.05) is 0 Å². The molecular weight excluding hydrogens is 321 g/mol. The fourth-order valence-electron chi connectivity index (χ4n) is 2.24. The Balaban J connectivity index is 2.04. The van der Waals surface area contributed by atoms with Gasteiger partial charge in [0, 0.05) is 5.56 Å². The van der Waals surface area contributed by atoms with Gasteiger partial charge in [0.15, 0.2) is 0 Å². The van der Waals surface area contributed by atoms with E-state index >= 15 is 0 Å². The molecule has 23 heavy (non-hydrogen) atoms. The van der Waals surface area contributed by atoms with Crippen LogP contribution in [0.15, 0.2) is 34.7 Å². The van der Waals surface area contributed by atoms with Gasteiger partial charge in [0.05, 0.1) is 11.6 Å². The molecule has 124 valence electrons. The van der Waals surface area contributed by atoms with E-state index in [0.29, 0.717) is 30.0 Å². The fourth-order valence-corrected chi connectivity index (χ4v) is 2.42. The van der Waals surface area contributed by atoms with Gasteiger partial charge in [0.1, 0.15) is 23.4 Å². The van der Waals surface area contributed by atoms with Crippen molar-refractivity contribution < 1.29 is 18.7 Å². The van der Waals surface area contributed by atoms with Crippen molar-refractivity contribution in [1.29, 1.82) is 0 Å². The molecule has 0 aliphatic rings. The summed E-state index contributed by atoms with van der Waals surface area (Å²) >= 11 is 5.76. The lowest BCUT2D eigenvalue weighted by molar-refractivity contribution is -0.140. The maximum atomic E-state index is 13.2. The zero-order valence-electron chi connectivity index (χ0n) is 13.0. The highest BCUT2D eigenvalue weighted by Gasteiger charge is 2.18. The molecule has 2 rings (SSSR count). The molecule has 0 amide bonds. The molecule has 0 saturated heterocycles. The summed E-state index contributed by atoms with van der Waals surface area (Å²) in [4.78, 5) is 11.2. The number of carboxylic acid groups (broad SMARTS) is 1. The van der Waals surface area contributed by atoms with Gasteiger partial charge in [-0.2, -0.15) is 0 Å². The predicted octanol–water partition coefficient (Wildman–Crippen LogP) is 4.33. The molecule has 6 heteroatoms. The van der Waals surface area contributed by atoms with E-state index in [0.717, 1.165) is 0 Å². The minimum Gasteiger partial charge on any atom is -0.480 e. The van der Waals surface area contributed by atoms with Crippen LogP contribution in [0.25, 0.3) is 11.3 Å². The molecule has 0 fully saturated rings. The Morgan fingerprint density at radius 2 is 2.09 bits per heavy atom. The molecule has 4 nitrogen and oxygen atoms in total. The first-order chi connectivity index (χ1) is 10.9. The predicted molar refractivity (Wildman–Crippen MR) is 86.8 cm³/mol. The number of nitrogens with one attached hydrogen (secondary N) is 1. The van der Waals surface area contributed by atoms with E-state index in [1.54, 1.807) is 18.2 Å². The Kier molecular flexibility index (Phi) is 5.80. The summed E-state index contributed by atoms with van der Waals surface area (Å²) in [6, 6.07) is 7.24. The second-order valence-corrected chi connectivity index (χ2v) is 6.20. The third-order valence-corrected chi connectivity index (χ3v) is 3.68. The Bertz CT molecular complexity index is 684. The van der Waals surface area contributed by atoms with Gasteiger partial charge in [-0.05, 0) is 42.7 Å². The molecule has 1 atom stereocenters. The fraction of sp³-hybridized carbons (Fsp3) is 0.353. The maximum Gasteiger partial charge on any atom is 0.320 e. The molecule has 1 unspecified atom stereocenters. The largest absolute Gasteiger partial charge is 0.480 e. The van der Waals surface area contributed by atoms with Gasteiger partial charge in [-0.1, -0.05) is 25.4 Å². The summed E-state index contributed by atoms with van der Waals surface area (Å²) in [5.41, 5.74) is 0.666. The molecular formula is C17H19ClFNO3. The lowest BCUT2D eigenvalue weighted by atomic mass is 10.0. The third kappa shape index (κ3) is 4.81. The van der Waals surface area contributed by atoms with Crippen LogP contribution in [0.3, 0.4) is 0 Å². The zero-order chi connectivity index (χ0) is 17.0. The van der Waals surface area contributed by atoms with Gasteiger partial charge in [-0.3, -0.25) is 10.1 Å². The van der Waals surface area contributed by atoms with Gasteiger partial charge in [-0.25, -0.2) is 4.39 Å².